The number of aromatic hydroxyl groups is 1. The SMILES string of the molecule is CC1=C[C@@](N=Nc2ccccc2O)(c2ccccc2[N+](=O)[O-])[C@@H](O)C=C1. The standard InChI is InChI=1S/C19H17N3O4/c1-13-10-11-18(24)19(12-13,14-6-2-4-8-16(14)22(25)26)21-20-15-7-3-5-9-17(15)23/h2-12,18,23-24H,1H3/t18-,19+/m0/s1. The van der Waals surface area contributed by atoms with Gasteiger partial charge in [-0.15, -0.1) is 0 Å². The molecule has 3 rings (SSSR count). The van der Waals surface area contributed by atoms with Crippen LogP contribution in [0.4, 0.5) is 11.4 Å². The molecular weight excluding hydrogens is 334 g/mol. The third kappa shape index (κ3) is 3.12. The normalized spacial score (nSPS) is 22.4. The van der Waals surface area contributed by atoms with Crippen LogP contribution < -0.4 is 0 Å². The Bertz CT molecular complexity index is 936. The highest BCUT2D eigenvalue weighted by molar-refractivity contribution is 5.53. The number of nitro benzene ring substituents is 1. The van der Waals surface area contributed by atoms with E-state index >= 15 is 0 Å². The van der Waals surface area contributed by atoms with Gasteiger partial charge in [-0.3, -0.25) is 10.1 Å². The zero-order valence-corrected chi connectivity index (χ0v) is 14.0. The third-order valence-electron chi connectivity index (χ3n) is 4.18. The van der Waals surface area contributed by atoms with E-state index in [-0.39, 0.29) is 22.7 Å². The van der Waals surface area contributed by atoms with Gasteiger partial charge >= 0.3 is 0 Å². The minimum atomic E-state index is -1.47. The number of allylic oxidation sites excluding steroid dienone is 2. The van der Waals surface area contributed by atoms with Gasteiger partial charge in [0.25, 0.3) is 5.69 Å². The van der Waals surface area contributed by atoms with Crippen LogP contribution in [-0.4, -0.2) is 21.2 Å². The highest BCUT2D eigenvalue weighted by atomic mass is 16.6. The van der Waals surface area contributed by atoms with Gasteiger partial charge in [0.2, 0.25) is 0 Å². The lowest BCUT2D eigenvalue weighted by molar-refractivity contribution is -0.386. The molecule has 1 aliphatic carbocycles. The minimum Gasteiger partial charge on any atom is -0.506 e. The van der Waals surface area contributed by atoms with E-state index in [1.54, 1.807) is 55.5 Å². The van der Waals surface area contributed by atoms with Gasteiger partial charge in [-0.05, 0) is 31.2 Å². The molecule has 0 saturated heterocycles. The Morgan fingerprint density at radius 1 is 1.15 bits per heavy atom. The van der Waals surface area contributed by atoms with Crippen LogP contribution in [0.2, 0.25) is 0 Å². The second-order valence-electron chi connectivity index (χ2n) is 5.98. The van der Waals surface area contributed by atoms with Gasteiger partial charge in [0, 0.05) is 6.07 Å². The molecule has 2 aromatic rings. The zero-order valence-electron chi connectivity index (χ0n) is 14.0. The van der Waals surface area contributed by atoms with E-state index in [9.17, 15) is 20.3 Å². The number of rotatable bonds is 4. The monoisotopic (exact) mass is 351 g/mol. The minimum absolute atomic E-state index is 0.0736. The molecule has 0 spiro atoms. The summed E-state index contributed by atoms with van der Waals surface area (Å²) in [4.78, 5) is 11.0. The van der Waals surface area contributed by atoms with E-state index in [1.807, 2.05) is 0 Å². The number of aliphatic hydroxyl groups is 1. The van der Waals surface area contributed by atoms with Crippen molar-refractivity contribution >= 4 is 11.4 Å². The summed E-state index contributed by atoms with van der Waals surface area (Å²) in [6.07, 6.45) is 3.73. The fraction of sp³-hybridized carbons (Fsp3) is 0.158. The van der Waals surface area contributed by atoms with Gasteiger partial charge in [0.1, 0.15) is 17.5 Å². The first kappa shape index (κ1) is 17.5. The molecule has 0 aromatic heterocycles. The summed E-state index contributed by atoms with van der Waals surface area (Å²) in [5.41, 5.74) is -0.421. The van der Waals surface area contributed by atoms with Crippen molar-refractivity contribution in [3.05, 3.63) is 88.0 Å². The molecule has 0 bridgehead atoms. The molecule has 0 aliphatic heterocycles. The largest absolute Gasteiger partial charge is 0.506 e. The van der Waals surface area contributed by atoms with E-state index < -0.39 is 16.6 Å². The second-order valence-corrected chi connectivity index (χ2v) is 5.98. The third-order valence-corrected chi connectivity index (χ3v) is 4.18. The molecule has 2 N–H and O–H groups in total. The molecule has 26 heavy (non-hydrogen) atoms. The summed E-state index contributed by atoms with van der Waals surface area (Å²) in [6, 6.07) is 12.5. The van der Waals surface area contributed by atoms with Crippen LogP contribution in [0.3, 0.4) is 0 Å². The van der Waals surface area contributed by atoms with E-state index in [1.165, 1.54) is 18.2 Å². The average Bonchev–Trinajstić information content (AvgIpc) is 2.63. The number of nitro groups is 1. The summed E-state index contributed by atoms with van der Waals surface area (Å²) >= 11 is 0. The Morgan fingerprint density at radius 3 is 2.58 bits per heavy atom. The van der Waals surface area contributed by atoms with E-state index in [2.05, 4.69) is 10.2 Å². The van der Waals surface area contributed by atoms with Crippen molar-refractivity contribution in [3.63, 3.8) is 0 Å². The van der Waals surface area contributed by atoms with Gasteiger partial charge in [-0.2, -0.15) is 10.2 Å². The molecule has 2 atom stereocenters. The smallest absolute Gasteiger partial charge is 0.275 e. The predicted molar refractivity (Wildman–Crippen MR) is 96.3 cm³/mol. The average molecular weight is 351 g/mol. The Morgan fingerprint density at radius 2 is 1.85 bits per heavy atom. The van der Waals surface area contributed by atoms with Crippen molar-refractivity contribution in [2.24, 2.45) is 10.2 Å². The number of phenols is 1. The van der Waals surface area contributed by atoms with Gasteiger partial charge in [0.05, 0.1) is 10.5 Å². The van der Waals surface area contributed by atoms with Crippen LogP contribution in [0.15, 0.2) is 82.6 Å². The quantitative estimate of drug-likeness (QED) is 0.490. The summed E-state index contributed by atoms with van der Waals surface area (Å²) in [5, 5.41) is 40.4. The van der Waals surface area contributed by atoms with Gasteiger partial charge < -0.3 is 10.2 Å². The summed E-state index contributed by atoms with van der Waals surface area (Å²) in [6.45, 7) is 1.81. The number of hydrogen-bond acceptors (Lipinski definition) is 6. The lowest BCUT2D eigenvalue weighted by Gasteiger charge is -2.31. The number of hydrogen-bond donors (Lipinski definition) is 2. The van der Waals surface area contributed by atoms with E-state index in [4.69, 9.17) is 0 Å². The number of nitrogens with zero attached hydrogens (tertiary/aromatic N) is 3. The fourth-order valence-corrected chi connectivity index (χ4v) is 2.91. The summed E-state index contributed by atoms with van der Waals surface area (Å²) in [5.74, 6) is -0.0736. The molecule has 0 radical (unpaired) electrons. The van der Waals surface area contributed by atoms with E-state index in [0.29, 0.717) is 0 Å². The van der Waals surface area contributed by atoms with Crippen LogP contribution in [0, 0.1) is 10.1 Å². The molecule has 7 heteroatoms. The lowest BCUT2D eigenvalue weighted by atomic mass is 9.79. The van der Waals surface area contributed by atoms with Gasteiger partial charge in [0.15, 0.2) is 5.54 Å². The Hall–Kier alpha value is -3.32. The maximum absolute atomic E-state index is 11.5. The van der Waals surface area contributed by atoms with Crippen LogP contribution in [0.5, 0.6) is 5.75 Å². The van der Waals surface area contributed by atoms with E-state index in [0.717, 1.165) is 5.57 Å². The highest BCUT2D eigenvalue weighted by Gasteiger charge is 2.43. The van der Waals surface area contributed by atoms with Gasteiger partial charge in [-0.1, -0.05) is 42.0 Å². The molecule has 0 fully saturated rings. The maximum atomic E-state index is 11.5. The van der Waals surface area contributed by atoms with Crippen molar-refractivity contribution in [3.8, 4) is 5.75 Å². The molecule has 1 aliphatic rings. The van der Waals surface area contributed by atoms with Crippen molar-refractivity contribution in [2.45, 2.75) is 18.6 Å². The molecule has 132 valence electrons. The summed E-state index contributed by atoms with van der Waals surface area (Å²) < 4.78 is 0. The molecule has 0 unspecified atom stereocenters. The maximum Gasteiger partial charge on any atom is 0.275 e. The number of para-hydroxylation sites is 2. The van der Waals surface area contributed by atoms with Crippen molar-refractivity contribution < 1.29 is 15.1 Å². The Balaban J connectivity index is 2.21. The van der Waals surface area contributed by atoms with Crippen LogP contribution in [0.1, 0.15) is 12.5 Å². The molecular formula is C19H17N3O4. The van der Waals surface area contributed by atoms with Crippen molar-refractivity contribution in [1.29, 1.82) is 0 Å². The highest BCUT2D eigenvalue weighted by Crippen LogP contribution is 2.42. The molecule has 0 amide bonds. The predicted octanol–water partition coefficient (Wildman–Crippen LogP) is 4.16. The lowest BCUT2D eigenvalue weighted by Crippen LogP contribution is -2.37. The first-order valence-electron chi connectivity index (χ1n) is 7.94. The van der Waals surface area contributed by atoms with Crippen LogP contribution >= 0.6 is 0 Å². The number of aliphatic hydroxyl groups excluding tert-OH is 1. The number of benzene rings is 2. The first-order valence-corrected chi connectivity index (χ1v) is 7.94. The van der Waals surface area contributed by atoms with Crippen LogP contribution in [0.25, 0.3) is 0 Å². The molecule has 0 saturated carbocycles. The molecule has 7 nitrogen and oxygen atoms in total. The van der Waals surface area contributed by atoms with Gasteiger partial charge in [-0.25, -0.2) is 0 Å². The number of phenolic OH excluding ortho intramolecular Hbond substituents is 1. The first-order chi connectivity index (χ1) is 12.4. The summed E-state index contributed by atoms with van der Waals surface area (Å²) in [7, 11) is 0. The number of azo groups is 1. The van der Waals surface area contributed by atoms with Crippen LogP contribution in [-0.2, 0) is 5.54 Å². The topological polar surface area (TPSA) is 108 Å². The van der Waals surface area contributed by atoms with Crippen molar-refractivity contribution in [2.75, 3.05) is 0 Å². The van der Waals surface area contributed by atoms with Crippen molar-refractivity contribution in [1.82, 2.24) is 0 Å². The molecule has 2 aromatic carbocycles. The Kier molecular flexibility index (Phi) is 4.64. The Labute approximate surface area is 149 Å². The second kappa shape index (κ2) is 6.89. The molecule has 0 heterocycles. The zero-order chi connectivity index (χ0) is 18.7. The fourth-order valence-electron chi connectivity index (χ4n) is 2.91.